The SMILES string of the molecule is COc1ccc(-c2nnc(SCC(=O)c3ccc(O)cc3O)n2[C@@H]2CCCC[C@H]2C)cc1. The number of nitrogens with zero attached hydrogens (tertiary/aromatic N) is 3. The van der Waals surface area contributed by atoms with Crippen molar-refractivity contribution in [2.75, 3.05) is 12.9 Å². The molecule has 1 saturated carbocycles. The Kier molecular flexibility index (Phi) is 6.69. The molecule has 1 fully saturated rings. The van der Waals surface area contributed by atoms with Crippen molar-refractivity contribution in [3.8, 4) is 28.6 Å². The lowest BCUT2D eigenvalue weighted by atomic mass is 9.85. The van der Waals surface area contributed by atoms with Crippen LogP contribution in [0, 0.1) is 5.92 Å². The Morgan fingerprint density at radius 3 is 2.56 bits per heavy atom. The summed E-state index contributed by atoms with van der Waals surface area (Å²) in [5.41, 5.74) is 1.13. The molecule has 8 heteroatoms. The summed E-state index contributed by atoms with van der Waals surface area (Å²) in [4.78, 5) is 12.7. The molecule has 7 nitrogen and oxygen atoms in total. The van der Waals surface area contributed by atoms with Gasteiger partial charge in [-0.15, -0.1) is 10.2 Å². The number of carbonyl (C=O) groups is 1. The molecule has 1 aliphatic rings. The zero-order valence-electron chi connectivity index (χ0n) is 18.2. The highest BCUT2D eigenvalue weighted by atomic mass is 32.2. The van der Waals surface area contributed by atoms with Gasteiger partial charge in [0.1, 0.15) is 17.2 Å². The van der Waals surface area contributed by atoms with Gasteiger partial charge in [-0.2, -0.15) is 0 Å². The molecule has 1 aromatic heterocycles. The zero-order chi connectivity index (χ0) is 22.7. The number of aromatic hydroxyl groups is 2. The van der Waals surface area contributed by atoms with E-state index in [0.717, 1.165) is 36.4 Å². The molecule has 1 heterocycles. The highest BCUT2D eigenvalue weighted by Gasteiger charge is 2.29. The highest BCUT2D eigenvalue weighted by molar-refractivity contribution is 7.99. The molecule has 1 aliphatic carbocycles. The van der Waals surface area contributed by atoms with E-state index >= 15 is 0 Å². The Morgan fingerprint density at radius 2 is 1.88 bits per heavy atom. The summed E-state index contributed by atoms with van der Waals surface area (Å²) in [5.74, 6) is 1.62. The van der Waals surface area contributed by atoms with E-state index in [1.54, 1.807) is 7.11 Å². The van der Waals surface area contributed by atoms with E-state index in [9.17, 15) is 15.0 Å². The maximum absolute atomic E-state index is 12.7. The molecular formula is C24H27N3O4S. The number of hydrogen-bond acceptors (Lipinski definition) is 7. The van der Waals surface area contributed by atoms with Crippen LogP contribution in [0.2, 0.25) is 0 Å². The number of carbonyl (C=O) groups excluding carboxylic acids is 1. The van der Waals surface area contributed by atoms with Gasteiger partial charge < -0.3 is 14.9 Å². The second-order valence-electron chi connectivity index (χ2n) is 8.15. The Bertz CT molecular complexity index is 1100. The van der Waals surface area contributed by atoms with Gasteiger partial charge in [0.25, 0.3) is 0 Å². The molecule has 0 spiro atoms. The number of ketones is 1. The van der Waals surface area contributed by atoms with Gasteiger partial charge in [0.2, 0.25) is 0 Å². The van der Waals surface area contributed by atoms with Gasteiger partial charge in [0.05, 0.1) is 18.4 Å². The first kappa shape index (κ1) is 22.2. The van der Waals surface area contributed by atoms with Crippen LogP contribution in [0.1, 0.15) is 49.0 Å². The number of aromatic nitrogens is 3. The van der Waals surface area contributed by atoms with Crippen LogP contribution in [0.25, 0.3) is 11.4 Å². The van der Waals surface area contributed by atoms with E-state index in [1.807, 2.05) is 24.3 Å². The normalized spacial score (nSPS) is 18.4. The third-order valence-electron chi connectivity index (χ3n) is 6.02. The number of phenolic OH excluding ortho intramolecular Hbond substituents is 2. The number of ether oxygens (including phenoxy) is 1. The largest absolute Gasteiger partial charge is 0.508 e. The van der Waals surface area contributed by atoms with Crippen molar-refractivity contribution in [2.45, 2.75) is 43.8 Å². The smallest absolute Gasteiger partial charge is 0.192 e. The molecule has 0 bridgehead atoms. The average Bonchev–Trinajstić information content (AvgIpc) is 3.21. The van der Waals surface area contributed by atoms with Crippen molar-refractivity contribution in [3.05, 3.63) is 48.0 Å². The number of hydrogen-bond donors (Lipinski definition) is 2. The quantitative estimate of drug-likeness (QED) is 0.380. The minimum absolute atomic E-state index is 0.0816. The minimum Gasteiger partial charge on any atom is -0.508 e. The summed E-state index contributed by atoms with van der Waals surface area (Å²) in [5, 5.41) is 29.1. The van der Waals surface area contributed by atoms with Crippen molar-refractivity contribution >= 4 is 17.5 Å². The summed E-state index contributed by atoms with van der Waals surface area (Å²) in [6.07, 6.45) is 4.57. The fraction of sp³-hybridized carbons (Fsp3) is 0.375. The first-order chi connectivity index (χ1) is 15.5. The summed E-state index contributed by atoms with van der Waals surface area (Å²) >= 11 is 1.32. The summed E-state index contributed by atoms with van der Waals surface area (Å²) in [6.45, 7) is 2.26. The molecular weight excluding hydrogens is 426 g/mol. The van der Waals surface area contributed by atoms with Crippen LogP contribution in [0.4, 0.5) is 0 Å². The van der Waals surface area contributed by atoms with Crippen molar-refractivity contribution in [1.29, 1.82) is 0 Å². The lowest BCUT2D eigenvalue weighted by molar-refractivity contribution is 0.102. The van der Waals surface area contributed by atoms with Crippen LogP contribution in [0.3, 0.4) is 0 Å². The maximum atomic E-state index is 12.7. The minimum atomic E-state index is -0.232. The van der Waals surface area contributed by atoms with Gasteiger partial charge in [0, 0.05) is 17.7 Å². The number of rotatable bonds is 7. The molecule has 32 heavy (non-hydrogen) atoms. The molecule has 2 atom stereocenters. The molecule has 4 rings (SSSR count). The molecule has 0 aliphatic heterocycles. The third kappa shape index (κ3) is 4.60. The van der Waals surface area contributed by atoms with E-state index in [0.29, 0.717) is 11.1 Å². The number of phenols is 2. The molecule has 0 saturated heterocycles. The van der Waals surface area contributed by atoms with Crippen molar-refractivity contribution in [2.24, 2.45) is 5.92 Å². The molecule has 0 radical (unpaired) electrons. The highest BCUT2D eigenvalue weighted by Crippen LogP contribution is 2.39. The topological polar surface area (TPSA) is 97.5 Å². The van der Waals surface area contributed by atoms with E-state index in [-0.39, 0.29) is 34.6 Å². The molecule has 168 valence electrons. The van der Waals surface area contributed by atoms with Crippen molar-refractivity contribution in [1.82, 2.24) is 14.8 Å². The van der Waals surface area contributed by atoms with Crippen LogP contribution >= 0.6 is 11.8 Å². The van der Waals surface area contributed by atoms with Crippen LogP contribution in [-0.2, 0) is 0 Å². The van der Waals surface area contributed by atoms with Crippen LogP contribution in [0.15, 0.2) is 47.6 Å². The second kappa shape index (κ2) is 9.65. The summed E-state index contributed by atoms with van der Waals surface area (Å²) in [6, 6.07) is 12.0. The van der Waals surface area contributed by atoms with E-state index in [4.69, 9.17) is 4.74 Å². The van der Waals surface area contributed by atoms with Gasteiger partial charge in [-0.25, -0.2) is 0 Å². The Morgan fingerprint density at radius 1 is 1.12 bits per heavy atom. The molecule has 3 aromatic rings. The predicted octanol–water partition coefficient (Wildman–Crippen LogP) is 5.09. The average molecular weight is 454 g/mol. The fourth-order valence-electron chi connectivity index (χ4n) is 4.26. The summed E-state index contributed by atoms with van der Waals surface area (Å²) in [7, 11) is 1.64. The van der Waals surface area contributed by atoms with Gasteiger partial charge in [-0.05, 0) is 55.2 Å². The second-order valence-corrected chi connectivity index (χ2v) is 9.09. The standard InChI is InChI=1S/C24H27N3O4S/c1-15-5-3-4-6-20(15)27-23(16-7-10-18(31-2)11-8-16)25-26-24(27)32-14-22(30)19-12-9-17(28)13-21(19)29/h7-13,15,20,28-29H,3-6,14H2,1-2H3/t15-,20-/m1/s1. The molecule has 0 amide bonds. The van der Waals surface area contributed by atoms with Gasteiger partial charge in [0.15, 0.2) is 16.8 Å². The van der Waals surface area contributed by atoms with Crippen LogP contribution < -0.4 is 4.74 Å². The van der Waals surface area contributed by atoms with Gasteiger partial charge in [-0.3, -0.25) is 9.36 Å². The van der Waals surface area contributed by atoms with E-state index in [1.165, 1.54) is 36.4 Å². The van der Waals surface area contributed by atoms with Crippen LogP contribution in [0.5, 0.6) is 17.2 Å². The third-order valence-corrected chi connectivity index (χ3v) is 6.97. The van der Waals surface area contributed by atoms with Gasteiger partial charge >= 0.3 is 0 Å². The number of methoxy groups -OCH3 is 1. The molecule has 2 N–H and O–H groups in total. The lowest BCUT2D eigenvalue weighted by Crippen LogP contribution is -2.22. The predicted molar refractivity (Wildman–Crippen MR) is 124 cm³/mol. The van der Waals surface area contributed by atoms with Crippen LogP contribution in [-0.4, -0.2) is 43.6 Å². The van der Waals surface area contributed by atoms with Gasteiger partial charge in [-0.1, -0.05) is 31.5 Å². The van der Waals surface area contributed by atoms with Crippen molar-refractivity contribution < 1.29 is 19.7 Å². The zero-order valence-corrected chi connectivity index (χ0v) is 19.0. The first-order valence-electron chi connectivity index (χ1n) is 10.7. The van der Waals surface area contributed by atoms with Crippen molar-refractivity contribution in [3.63, 3.8) is 0 Å². The van der Waals surface area contributed by atoms with E-state index in [2.05, 4.69) is 21.7 Å². The molecule has 0 unspecified atom stereocenters. The monoisotopic (exact) mass is 453 g/mol. The summed E-state index contributed by atoms with van der Waals surface area (Å²) < 4.78 is 7.46. The first-order valence-corrected chi connectivity index (χ1v) is 11.7. The lowest BCUT2D eigenvalue weighted by Gasteiger charge is -2.31. The maximum Gasteiger partial charge on any atom is 0.192 e. The number of benzene rings is 2. The Balaban J connectivity index is 1.63. The molecule has 2 aromatic carbocycles. The Hall–Kier alpha value is -3.00. The number of Topliss-reactive ketones (excluding diaryl/α,β-unsaturated/α-hetero) is 1. The Labute approximate surface area is 191 Å². The fourth-order valence-corrected chi connectivity index (χ4v) is 5.13. The number of thioether (sulfide) groups is 1. The van der Waals surface area contributed by atoms with E-state index < -0.39 is 0 Å².